The molecule has 1 rings (SSSR count). The van der Waals surface area contributed by atoms with E-state index in [1.165, 1.54) is 4.90 Å². The fraction of sp³-hybridized carbons (Fsp3) is 0.333. The SMILES string of the molecule is CN(C)C(=O)CN(C)c1ccc(C=O)c(Cl)c1. The molecule has 92 valence electrons. The maximum absolute atomic E-state index is 11.5. The van der Waals surface area contributed by atoms with Crippen LogP contribution < -0.4 is 4.90 Å². The molecule has 0 aliphatic rings. The molecule has 1 aromatic carbocycles. The van der Waals surface area contributed by atoms with E-state index < -0.39 is 0 Å². The van der Waals surface area contributed by atoms with Crippen LogP contribution in [-0.2, 0) is 4.79 Å². The molecule has 0 radical (unpaired) electrons. The van der Waals surface area contributed by atoms with Gasteiger partial charge >= 0.3 is 0 Å². The van der Waals surface area contributed by atoms with Crippen molar-refractivity contribution in [3.63, 3.8) is 0 Å². The fourth-order valence-corrected chi connectivity index (χ4v) is 1.50. The standard InChI is InChI=1S/C12H15ClN2O2/c1-14(2)12(17)7-15(3)10-5-4-9(8-16)11(13)6-10/h4-6,8H,7H2,1-3H3. The summed E-state index contributed by atoms with van der Waals surface area (Å²) < 4.78 is 0. The number of anilines is 1. The first kappa shape index (κ1) is 13.5. The van der Waals surface area contributed by atoms with Crippen LogP contribution in [0.1, 0.15) is 10.4 Å². The fourth-order valence-electron chi connectivity index (χ4n) is 1.28. The summed E-state index contributed by atoms with van der Waals surface area (Å²) in [6, 6.07) is 5.08. The van der Waals surface area contributed by atoms with Crippen molar-refractivity contribution >= 4 is 29.5 Å². The zero-order valence-corrected chi connectivity index (χ0v) is 10.9. The Bertz CT molecular complexity index is 433. The number of carbonyl (C=O) groups excluding carboxylic acids is 2. The first-order valence-electron chi connectivity index (χ1n) is 5.11. The van der Waals surface area contributed by atoms with Crippen LogP contribution in [0.25, 0.3) is 0 Å². The maximum atomic E-state index is 11.5. The van der Waals surface area contributed by atoms with Crippen LogP contribution in [0.15, 0.2) is 18.2 Å². The van der Waals surface area contributed by atoms with Crippen molar-refractivity contribution in [3.8, 4) is 0 Å². The van der Waals surface area contributed by atoms with Crippen LogP contribution in [0.2, 0.25) is 5.02 Å². The number of likely N-dealkylation sites (N-methyl/N-ethyl adjacent to an activating group) is 2. The number of hydrogen-bond acceptors (Lipinski definition) is 3. The third kappa shape index (κ3) is 3.46. The van der Waals surface area contributed by atoms with E-state index >= 15 is 0 Å². The largest absolute Gasteiger partial charge is 0.365 e. The van der Waals surface area contributed by atoms with Crippen molar-refractivity contribution in [2.45, 2.75) is 0 Å². The van der Waals surface area contributed by atoms with E-state index in [0.29, 0.717) is 16.9 Å². The number of nitrogens with zero attached hydrogens (tertiary/aromatic N) is 2. The third-order valence-electron chi connectivity index (χ3n) is 2.42. The lowest BCUT2D eigenvalue weighted by atomic mass is 10.2. The summed E-state index contributed by atoms with van der Waals surface area (Å²) in [6.07, 6.45) is 0.705. The van der Waals surface area contributed by atoms with Crippen molar-refractivity contribution in [3.05, 3.63) is 28.8 Å². The van der Waals surface area contributed by atoms with Gasteiger partial charge in [-0.25, -0.2) is 0 Å². The van der Waals surface area contributed by atoms with E-state index in [1.54, 1.807) is 44.2 Å². The highest BCUT2D eigenvalue weighted by Crippen LogP contribution is 2.21. The zero-order chi connectivity index (χ0) is 13.0. The van der Waals surface area contributed by atoms with Crippen molar-refractivity contribution in [2.75, 3.05) is 32.6 Å². The minimum atomic E-state index is 0.00286. The average Bonchev–Trinajstić information content (AvgIpc) is 2.28. The summed E-state index contributed by atoms with van der Waals surface area (Å²) in [5.74, 6) is 0.00286. The summed E-state index contributed by atoms with van der Waals surface area (Å²) in [5, 5.41) is 0.390. The van der Waals surface area contributed by atoms with E-state index in [9.17, 15) is 9.59 Å². The van der Waals surface area contributed by atoms with Gasteiger partial charge in [0.25, 0.3) is 0 Å². The van der Waals surface area contributed by atoms with E-state index in [1.807, 2.05) is 0 Å². The quantitative estimate of drug-likeness (QED) is 0.768. The first-order chi connectivity index (χ1) is 7.95. The monoisotopic (exact) mass is 254 g/mol. The Morgan fingerprint density at radius 2 is 2.00 bits per heavy atom. The molecule has 0 spiro atoms. The smallest absolute Gasteiger partial charge is 0.241 e. The van der Waals surface area contributed by atoms with Crippen molar-refractivity contribution < 1.29 is 9.59 Å². The minimum absolute atomic E-state index is 0.00286. The Hall–Kier alpha value is -1.55. The number of aldehydes is 1. The lowest BCUT2D eigenvalue weighted by Crippen LogP contribution is -2.34. The van der Waals surface area contributed by atoms with Gasteiger partial charge in [0.15, 0.2) is 6.29 Å². The van der Waals surface area contributed by atoms with Crippen LogP contribution in [0, 0.1) is 0 Å². The van der Waals surface area contributed by atoms with Crippen LogP contribution >= 0.6 is 11.6 Å². The number of hydrogen-bond donors (Lipinski definition) is 0. The molecule has 0 aromatic heterocycles. The average molecular weight is 255 g/mol. The van der Waals surface area contributed by atoms with Gasteiger partial charge in [0, 0.05) is 32.4 Å². The Morgan fingerprint density at radius 3 is 2.47 bits per heavy atom. The highest BCUT2D eigenvalue weighted by atomic mass is 35.5. The summed E-state index contributed by atoms with van der Waals surface area (Å²) in [4.78, 5) is 25.5. The molecule has 0 saturated heterocycles. The Kier molecular flexibility index (Phi) is 4.52. The number of benzene rings is 1. The molecular weight excluding hydrogens is 240 g/mol. The maximum Gasteiger partial charge on any atom is 0.241 e. The molecule has 0 bridgehead atoms. The molecule has 0 aliphatic heterocycles. The second kappa shape index (κ2) is 5.68. The van der Waals surface area contributed by atoms with Gasteiger partial charge in [-0.3, -0.25) is 9.59 Å². The van der Waals surface area contributed by atoms with Gasteiger partial charge in [-0.2, -0.15) is 0 Å². The highest BCUT2D eigenvalue weighted by molar-refractivity contribution is 6.33. The highest BCUT2D eigenvalue weighted by Gasteiger charge is 2.10. The van der Waals surface area contributed by atoms with E-state index in [0.717, 1.165) is 5.69 Å². The van der Waals surface area contributed by atoms with Gasteiger partial charge in [-0.05, 0) is 18.2 Å². The molecule has 1 amide bonds. The zero-order valence-electron chi connectivity index (χ0n) is 10.1. The topological polar surface area (TPSA) is 40.6 Å². The Morgan fingerprint density at radius 1 is 1.35 bits per heavy atom. The minimum Gasteiger partial charge on any atom is -0.365 e. The molecular formula is C12H15ClN2O2. The summed E-state index contributed by atoms with van der Waals surface area (Å²) in [6.45, 7) is 0.268. The van der Waals surface area contributed by atoms with Crippen molar-refractivity contribution in [1.82, 2.24) is 4.90 Å². The van der Waals surface area contributed by atoms with Crippen LogP contribution in [0.3, 0.4) is 0 Å². The van der Waals surface area contributed by atoms with Gasteiger partial charge in [-0.1, -0.05) is 11.6 Å². The molecule has 0 aliphatic carbocycles. The molecule has 0 unspecified atom stereocenters. The molecule has 4 nitrogen and oxygen atoms in total. The predicted octanol–water partition coefficient (Wildman–Crippen LogP) is 1.68. The second-order valence-electron chi connectivity index (χ2n) is 3.97. The summed E-state index contributed by atoms with van der Waals surface area (Å²) in [5.41, 5.74) is 1.25. The second-order valence-corrected chi connectivity index (χ2v) is 4.38. The van der Waals surface area contributed by atoms with E-state index in [4.69, 9.17) is 11.6 Å². The third-order valence-corrected chi connectivity index (χ3v) is 2.75. The van der Waals surface area contributed by atoms with Crippen molar-refractivity contribution in [1.29, 1.82) is 0 Å². The van der Waals surface area contributed by atoms with Gasteiger partial charge in [0.05, 0.1) is 11.6 Å². The summed E-state index contributed by atoms with van der Waals surface area (Å²) in [7, 11) is 5.21. The molecule has 17 heavy (non-hydrogen) atoms. The Labute approximate surface area is 106 Å². The molecule has 0 atom stereocenters. The lowest BCUT2D eigenvalue weighted by molar-refractivity contribution is -0.127. The molecule has 0 saturated carbocycles. The predicted molar refractivity (Wildman–Crippen MR) is 68.8 cm³/mol. The Balaban J connectivity index is 2.83. The molecule has 1 aromatic rings. The lowest BCUT2D eigenvalue weighted by Gasteiger charge is -2.21. The van der Waals surface area contributed by atoms with Crippen molar-refractivity contribution in [2.24, 2.45) is 0 Å². The molecule has 5 heteroatoms. The number of amides is 1. The number of carbonyl (C=O) groups is 2. The van der Waals surface area contributed by atoms with Gasteiger partial charge in [0.1, 0.15) is 0 Å². The normalized spacial score (nSPS) is 9.88. The van der Waals surface area contributed by atoms with Gasteiger partial charge in [0.2, 0.25) is 5.91 Å². The molecule has 0 N–H and O–H groups in total. The van der Waals surface area contributed by atoms with Crippen LogP contribution in [0.4, 0.5) is 5.69 Å². The molecule has 0 fully saturated rings. The van der Waals surface area contributed by atoms with Crippen LogP contribution in [-0.4, -0.2) is 44.8 Å². The number of rotatable bonds is 4. The number of halogens is 1. The first-order valence-corrected chi connectivity index (χ1v) is 5.49. The summed E-state index contributed by atoms with van der Waals surface area (Å²) >= 11 is 5.92. The van der Waals surface area contributed by atoms with E-state index in [2.05, 4.69) is 0 Å². The van der Waals surface area contributed by atoms with E-state index in [-0.39, 0.29) is 12.5 Å². The van der Waals surface area contributed by atoms with Crippen LogP contribution in [0.5, 0.6) is 0 Å². The van der Waals surface area contributed by atoms with Gasteiger partial charge in [-0.15, -0.1) is 0 Å². The molecule has 0 heterocycles. The van der Waals surface area contributed by atoms with Gasteiger partial charge < -0.3 is 9.80 Å².